The molecular weight excluding hydrogens is 294 g/mol. The molecule has 0 unspecified atom stereocenters. The number of benzene rings is 1. The molecule has 0 spiro atoms. The second-order valence-corrected chi connectivity index (χ2v) is 4.76. The van der Waals surface area contributed by atoms with Crippen LogP contribution in [0.5, 0.6) is 0 Å². The number of aromatic nitrogens is 1. The molecule has 3 rings (SSSR count). The van der Waals surface area contributed by atoms with E-state index < -0.39 is 5.97 Å². The Hall–Kier alpha value is -3.33. The molecule has 0 fully saturated rings. The average molecular weight is 305 g/mol. The van der Waals surface area contributed by atoms with E-state index in [1.54, 1.807) is 25.1 Å². The molecule has 2 heterocycles. The highest BCUT2D eigenvalue weighted by Gasteiger charge is 2.15. The number of hydrogen-bond donors (Lipinski definition) is 0. The second-order valence-electron chi connectivity index (χ2n) is 4.76. The number of ether oxygens (including phenoxy) is 1. The molecule has 1 aliphatic heterocycles. The summed E-state index contributed by atoms with van der Waals surface area (Å²) in [7, 11) is 0. The molecule has 0 saturated heterocycles. The van der Waals surface area contributed by atoms with Crippen LogP contribution in [0.3, 0.4) is 0 Å². The van der Waals surface area contributed by atoms with Crippen LogP contribution in [0.25, 0.3) is 16.5 Å². The summed E-state index contributed by atoms with van der Waals surface area (Å²) in [5.74, 6) is -0.841. The molecule has 6 nitrogen and oxygen atoms in total. The van der Waals surface area contributed by atoms with Gasteiger partial charge in [0.15, 0.2) is 5.78 Å². The van der Waals surface area contributed by atoms with Gasteiger partial charge in [0, 0.05) is 34.6 Å². The molecule has 1 aromatic heterocycles. The van der Waals surface area contributed by atoms with E-state index in [-0.39, 0.29) is 18.0 Å². The summed E-state index contributed by atoms with van der Waals surface area (Å²) in [5, 5.41) is 10.8. The van der Waals surface area contributed by atoms with Gasteiger partial charge in [0.2, 0.25) is 0 Å². The van der Waals surface area contributed by atoms with Gasteiger partial charge in [0.05, 0.1) is 17.5 Å². The Balaban J connectivity index is 2.41. The predicted molar refractivity (Wildman–Crippen MR) is 81.6 cm³/mol. The van der Waals surface area contributed by atoms with Crippen molar-refractivity contribution in [1.82, 2.24) is 4.98 Å². The van der Waals surface area contributed by atoms with E-state index in [4.69, 9.17) is 4.74 Å². The van der Waals surface area contributed by atoms with Gasteiger partial charge in [-0.05, 0) is 25.1 Å². The average Bonchev–Trinajstić information content (AvgIpc) is 2.55. The van der Waals surface area contributed by atoms with Crippen molar-refractivity contribution < 1.29 is 14.3 Å². The second kappa shape index (κ2) is 5.81. The van der Waals surface area contributed by atoms with Crippen molar-refractivity contribution >= 4 is 28.2 Å². The summed E-state index contributed by atoms with van der Waals surface area (Å²) in [4.78, 5) is 32.2. The van der Waals surface area contributed by atoms with Crippen molar-refractivity contribution in [2.45, 2.75) is 6.92 Å². The topological polar surface area (TPSA) is 92.4 Å². The smallest absolute Gasteiger partial charge is 0.349 e. The normalized spacial score (nSPS) is 13.8. The van der Waals surface area contributed by atoms with Crippen LogP contribution in [0.4, 0.5) is 0 Å². The lowest BCUT2D eigenvalue weighted by atomic mass is 10.0. The Kier molecular flexibility index (Phi) is 3.69. The fraction of sp³-hybridized carbons (Fsp3) is 0.118. The molecule has 0 aliphatic carbocycles. The van der Waals surface area contributed by atoms with E-state index in [1.165, 1.54) is 18.5 Å². The van der Waals surface area contributed by atoms with Crippen LogP contribution in [0.15, 0.2) is 41.7 Å². The quantitative estimate of drug-likeness (QED) is 0.765. The van der Waals surface area contributed by atoms with Crippen LogP contribution in [0, 0.1) is 11.3 Å². The van der Waals surface area contributed by atoms with E-state index in [0.717, 1.165) is 0 Å². The Morgan fingerprint density at radius 2 is 2.22 bits per heavy atom. The number of allylic oxidation sites excluding steroid dienone is 1. The number of esters is 1. The highest BCUT2D eigenvalue weighted by molar-refractivity contribution is 6.17. The van der Waals surface area contributed by atoms with Crippen LogP contribution in [0.2, 0.25) is 0 Å². The number of carbonyl (C=O) groups excluding carboxylic acids is 2. The third kappa shape index (κ3) is 2.49. The van der Waals surface area contributed by atoms with Gasteiger partial charge in [0.1, 0.15) is 11.6 Å². The Morgan fingerprint density at radius 1 is 1.39 bits per heavy atom. The van der Waals surface area contributed by atoms with Crippen molar-refractivity contribution in [2.75, 3.05) is 6.61 Å². The van der Waals surface area contributed by atoms with E-state index in [1.807, 2.05) is 6.07 Å². The Morgan fingerprint density at radius 3 is 2.96 bits per heavy atom. The zero-order valence-electron chi connectivity index (χ0n) is 12.2. The number of ketones is 1. The molecule has 0 bridgehead atoms. The summed E-state index contributed by atoms with van der Waals surface area (Å²) in [6.07, 6.45) is 4.29. The maximum Gasteiger partial charge on any atom is 0.349 e. The highest BCUT2D eigenvalue weighted by Crippen LogP contribution is 2.11. The number of nitrogens with zero attached hydrogens (tertiary/aromatic N) is 3. The standard InChI is InChI=1S/C17H11N3O3/c1-2-23-17(22)13(9-18)10-3-5-19-14-8-12-15(7-11(10)14)20-6-4-16(12)21/h3-8H,2H2,1H3/b13-10+. The third-order valence-electron chi connectivity index (χ3n) is 3.42. The van der Waals surface area contributed by atoms with Gasteiger partial charge >= 0.3 is 5.97 Å². The minimum Gasteiger partial charge on any atom is -0.462 e. The van der Waals surface area contributed by atoms with Crippen LogP contribution >= 0.6 is 0 Å². The number of carbonyl (C=O) groups is 2. The van der Waals surface area contributed by atoms with E-state index in [0.29, 0.717) is 27.0 Å². The molecule has 1 aliphatic rings. The van der Waals surface area contributed by atoms with Gasteiger partial charge in [-0.3, -0.25) is 14.8 Å². The number of nitriles is 1. The predicted octanol–water partition coefficient (Wildman–Crippen LogP) is 0.802. The third-order valence-corrected chi connectivity index (χ3v) is 3.42. The lowest BCUT2D eigenvalue weighted by molar-refractivity contribution is -0.136. The zero-order chi connectivity index (χ0) is 16.4. The number of pyridine rings is 1. The van der Waals surface area contributed by atoms with Crippen LogP contribution in [-0.2, 0) is 9.53 Å². The van der Waals surface area contributed by atoms with Crippen molar-refractivity contribution in [3.05, 3.63) is 52.8 Å². The molecule has 0 radical (unpaired) electrons. The largest absolute Gasteiger partial charge is 0.462 e. The molecule has 0 N–H and O–H groups in total. The summed E-state index contributed by atoms with van der Waals surface area (Å²) in [6, 6.07) is 6.73. The molecule has 1 aromatic carbocycles. The van der Waals surface area contributed by atoms with Crippen molar-refractivity contribution in [3.8, 4) is 6.07 Å². The Labute approximate surface area is 131 Å². The fourth-order valence-electron chi connectivity index (χ4n) is 2.40. The first kappa shape index (κ1) is 14.6. The van der Waals surface area contributed by atoms with Crippen LogP contribution < -0.4 is 10.6 Å². The van der Waals surface area contributed by atoms with Gasteiger partial charge in [-0.25, -0.2) is 4.79 Å². The molecule has 0 amide bonds. The van der Waals surface area contributed by atoms with Crippen molar-refractivity contribution in [1.29, 1.82) is 5.26 Å². The summed E-state index contributed by atoms with van der Waals surface area (Å²) in [6.45, 7) is 1.85. The zero-order valence-corrected chi connectivity index (χ0v) is 12.2. The molecule has 112 valence electrons. The maximum atomic E-state index is 12.0. The first-order valence-electron chi connectivity index (χ1n) is 6.94. The van der Waals surface area contributed by atoms with Gasteiger partial charge < -0.3 is 4.74 Å². The summed E-state index contributed by atoms with van der Waals surface area (Å²) >= 11 is 0. The van der Waals surface area contributed by atoms with E-state index in [2.05, 4.69) is 9.98 Å². The number of hydrogen-bond acceptors (Lipinski definition) is 6. The van der Waals surface area contributed by atoms with Gasteiger partial charge in [-0.2, -0.15) is 5.26 Å². The molecule has 6 heteroatoms. The molecular formula is C17H11N3O3. The van der Waals surface area contributed by atoms with Crippen molar-refractivity contribution in [2.24, 2.45) is 4.99 Å². The molecule has 23 heavy (non-hydrogen) atoms. The molecule has 0 atom stereocenters. The highest BCUT2D eigenvalue weighted by atomic mass is 16.5. The van der Waals surface area contributed by atoms with Crippen molar-refractivity contribution in [3.63, 3.8) is 0 Å². The summed E-state index contributed by atoms with van der Waals surface area (Å²) in [5.41, 5.74) is 0.855. The van der Waals surface area contributed by atoms with Gasteiger partial charge in [-0.15, -0.1) is 0 Å². The minimum atomic E-state index is -0.687. The van der Waals surface area contributed by atoms with Crippen LogP contribution in [0.1, 0.15) is 17.3 Å². The molecule has 2 aromatic rings. The first-order valence-corrected chi connectivity index (χ1v) is 6.94. The first-order chi connectivity index (χ1) is 11.2. The van der Waals surface area contributed by atoms with E-state index in [9.17, 15) is 14.9 Å². The monoisotopic (exact) mass is 305 g/mol. The lowest BCUT2D eigenvalue weighted by Crippen LogP contribution is -2.21. The van der Waals surface area contributed by atoms with Crippen LogP contribution in [-0.4, -0.2) is 23.3 Å². The van der Waals surface area contributed by atoms with Gasteiger partial charge in [-0.1, -0.05) is 0 Å². The minimum absolute atomic E-state index is 0.100. The Bertz CT molecular complexity index is 1030. The number of fused-ring (bicyclic) bond motifs is 2. The fourth-order valence-corrected chi connectivity index (χ4v) is 2.40. The molecule has 0 saturated carbocycles. The summed E-state index contributed by atoms with van der Waals surface area (Å²) < 4.78 is 4.92. The maximum absolute atomic E-state index is 12.0. The van der Waals surface area contributed by atoms with Gasteiger partial charge in [0.25, 0.3) is 0 Å². The lowest BCUT2D eigenvalue weighted by Gasteiger charge is -2.06. The SMILES string of the molecule is CCOC(=O)/C(C#N)=c1\ccnc2cc3c(cc12)=NC=CC3=O. The van der Waals surface area contributed by atoms with E-state index >= 15 is 0 Å². The number of rotatable bonds is 2.